The van der Waals surface area contributed by atoms with Crippen LogP contribution in [0.5, 0.6) is 5.75 Å². The molecule has 0 atom stereocenters. The molecule has 0 N–H and O–H groups in total. The van der Waals surface area contributed by atoms with Gasteiger partial charge in [-0.2, -0.15) is 0 Å². The fourth-order valence-electron chi connectivity index (χ4n) is 0.944. The highest BCUT2D eigenvalue weighted by atomic mass is 127. The third kappa shape index (κ3) is 3.92. The Hall–Kier alpha value is -0.150. The lowest BCUT2D eigenvalue weighted by Gasteiger charge is -2.08. The van der Waals surface area contributed by atoms with E-state index in [1.807, 2.05) is 45.2 Å². The van der Waals surface area contributed by atoms with Crippen molar-refractivity contribution in [3.05, 3.63) is 37.0 Å². The van der Waals surface area contributed by atoms with Gasteiger partial charge >= 0.3 is 5.97 Å². The summed E-state index contributed by atoms with van der Waals surface area (Å²) in [6.45, 7) is 5.06. The van der Waals surface area contributed by atoms with Crippen LogP contribution in [0.2, 0.25) is 0 Å². The van der Waals surface area contributed by atoms with Crippen LogP contribution in [-0.4, -0.2) is 11.2 Å². The zero-order valence-corrected chi connectivity index (χ0v) is 13.8. The Kier molecular flexibility index (Phi) is 5.39. The minimum Gasteiger partial charge on any atom is -0.422 e. The van der Waals surface area contributed by atoms with E-state index in [-0.39, 0.29) is 0 Å². The number of hydrogen-bond donors (Lipinski definition) is 0. The Bertz CT molecular complexity index is 512. The largest absolute Gasteiger partial charge is 0.422 e. The van der Waals surface area contributed by atoms with Crippen molar-refractivity contribution in [3.63, 3.8) is 0 Å². The zero-order chi connectivity index (χ0) is 13.2. The fraction of sp³-hybridized carbons (Fsp3) is 0.0909. The predicted molar refractivity (Wildman–Crippen MR) is 82.5 cm³/mol. The lowest BCUT2D eigenvalue weighted by Crippen LogP contribution is -2.10. The molecule has 1 aromatic rings. The molecule has 0 fully saturated rings. The maximum Gasteiger partial charge on any atom is 0.338 e. The Morgan fingerprint density at radius 2 is 1.88 bits per heavy atom. The molecule has 0 aliphatic rings. The van der Waals surface area contributed by atoms with Crippen molar-refractivity contribution in [2.24, 2.45) is 0 Å². The summed E-state index contributed by atoms with van der Waals surface area (Å²) in [6.07, 6.45) is 0. The molecule has 0 spiro atoms. The van der Waals surface area contributed by atoms with Gasteiger partial charge in [-0.3, -0.25) is 4.79 Å². The van der Waals surface area contributed by atoms with Crippen LogP contribution in [0.15, 0.2) is 24.3 Å². The summed E-state index contributed by atoms with van der Waals surface area (Å²) in [6, 6.07) is 3.18. The summed E-state index contributed by atoms with van der Waals surface area (Å²) >= 11 is 9.35. The number of rotatable bonds is 3. The van der Waals surface area contributed by atoms with Crippen molar-refractivity contribution in [3.8, 4) is 5.75 Å². The molecule has 6 heteroatoms. The minimum absolute atomic E-state index is 0.313. The number of ether oxygens (including phenoxy) is 1. The number of halogens is 3. The molecule has 0 radical (unpaired) electrons. The maximum atomic E-state index is 11.4. The van der Waals surface area contributed by atoms with E-state index in [2.05, 4.69) is 6.58 Å². The van der Waals surface area contributed by atoms with Crippen molar-refractivity contribution in [2.75, 3.05) is 0 Å². The van der Waals surface area contributed by atoms with E-state index in [4.69, 9.17) is 16.3 Å². The Morgan fingerprint density at radius 3 is 2.35 bits per heavy atom. The lowest BCUT2D eigenvalue weighted by molar-refractivity contribution is -0.130. The van der Waals surface area contributed by atoms with Crippen molar-refractivity contribution >= 4 is 68.0 Å². The first-order valence-electron chi connectivity index (χ1n) is 4.39. The van der Waals surface area contributed by atoms with Crippen molar-refractivity contribution in [1.29, 1.82) is 0 Å². The first kappa shape index (κ1) is 14.9. The van der Waals surface area contributed by atoms with Gasteiger partial charge in [-0.25, -0.2) is 4.79 Å². The first-order chi connectivity index (χ1) is 7.82. The molecule has 0 unspecified atom stereocenters. The van der Waals surface area contributed by atoms with Gasteiger partial charge in [0.1, 0.15) is 5.75 Å². The van der Waals surface area contributed by atoms with Crippen LogP contribution >= 0.6 is 56.8 Å². The summed E-state index contributed by atoms with van der Waals surface area (Å²) < 4.78 is 6.39. The molecular formula is C11H7ClI2O3. The summed E-state index contributed by atoms with van der Waals surface area (Å²) in [4.78, 5) is 22.5. The Morgan fingerprint density at radius 1 is 1.29 bits per heavy atom. The minimum atomic E-state index is -0.537. The van der Waals surface area contributed by atoms with Gasteiger partial charge in [0.25, 0.3) is 5.24 Å². The van der Waals surface area contributed by atoms with Crippen LogP contribution in [-0.2, 0) is 4.79 Å². The molecule has 0 aliphatic heterocycles. The predicted octanol–water partition coefficient (Wildman–Crippen LogP) is 3.76. The van der Waals surface area contributed by atoms with Gasteiger partial charge in [-0.05, 0) is 75.8 Å². The Balaban J connectivity index is 3.12. The molecule has 0 saturated heterocycles. The van der Waals surface area contributed by atoms with Gasteiger partial charge < -0.3 is 4.74 Å². The SMILES string of the molecule is C=C(C)C(=O)Oc1cc(I)c(C(=O)Cl)cc1I. The van der Waals surface area contributed by atoms with E-state index < -0.39 is 11.2 Å². The van der Waals surface area contributed by atoms with E-state index in [9.17, 15) is 9.59 Å². The van der Waals surface area contributed by atoms with Crippen LogP contribution in [0.1, 0.15) is 17.3 Å². The molecule has 0 saturated carbocycles. The summed E-state index contributed by atoms with van der Waals surface area (Å²) in [7, 11) is 0. The average molecular weight is 476 g/mol. The third-order valence-corrected chi connectivity index (χ3v) is 3.72. The molecule has 1 aromatic carbocycles. The smallest absolute Gasteiger partial charge is 0.338 e. The highest BCUT2D eigenvalue weighted by molar-refractivity contribution is 14.1. The van der Waals surface area contributed by atoms with E-state index in [0.717, 1.165) is 0 Å². The van der Waals surface area contributed by atoms with Crippen molar-refractivity contribution in [2.45, 2.75) is 6.92 Å². The monoisotopic (exact) mass is 476 g/mol. The molecular weight excluding hydrogens is 469 g/mol. The highest BCUT2D eigenvalue weighted by Gasteiger charge is 2.14. The van der Waals surface area contributed by atoms with Gasteiger partial charge in [0.15, 0.2) is 0 Å². The second-order valence-corrected chi connectivity index (χ2v) is 5.87. The lowest BCUT2D eigenvalue weighted by atomic mass is 10.2. The topological polar surface area (TPSA) is 43.4 Å². The second-order valence-electron chi connectivity index (χ2n) is 3.21. The summed E-state index contributed by atoms with van der Waals surface area (Å²) in [5, 5.41) is -0.537. The average Bonchev–Trinajstić information content (AvgIpc) is 2.22. The van der Waals surface area contributed by atoms with E-state index in [1.165, 1.54) is 0 Å². The van der Waals surface area contributed by atoms with Crippen LogP contribution in [0.4, 0.5) is 0 Å². The molecule has 90 valence electrons. The number of carbonyl (C=O) groups excluding carboxylic acids is 2. The first-order valence-corrected chi connectivity index (χ1v) is 6.93. The van der Waals surface area contributed by atoms with Gasteiger partial charge in [-0.15, -0.1) is 0 Å². The number of carbonyl (C=O) groups is 2. The van der Waals surface area contributed by atoms with Crippen molar-refractivity contribution in [1.82, 2.24) is 0 Å². The highest BCUT2D eigenvalue weighted by Crippen LogP contribution is 2.28. The van der Waals surface area contributed by atoms with Crippen LogP contribution in [0.3, 0.4) is 0 Å². The van der Waals surface area contributed by atoms with Crippen LogP contribution in [0.25, 0.3) is 0 Å². The Labute approximate surface area is 131 Å². The summed E-state index contributed by atoms with van der Waals surface area (Å²) in [5.41, 5.74) is 0.708. The molecule has 1 rings (SSSR count). The maximum absolute atomic E-state index is 11.4. The number of benzene rings is 1. The molecule has 0 aliphatic carbocycles. The molecule has 0 aromatic heterocycles. The van der Waals surface area contributed by atoms with Gasteiger partial charge in [0.2, 0.25) is 0 Å². The van der Waals surface area contributed by atoms with E-state index in [0.29, 0.717) is 24.0 Å². The van der Waals surface area contributed by atoms with E-state index in [1.54, 1.807) is 19.1 Å². The molecule has 3 nitrogen and oxygen atoms in total. The zero-order valence-electron chi connectivity index (χ0n) is 8.72. The standard InChI is InChI=1S/C11H7ClI2O3/c1-5(2)11(16)17-9-4-7(13)6(10(12)15)3-8(9)14/h3-4H,1H2,2H3. The van der Waals surface area contributed by atoms with Crippen molar-refractivity contribution < 1.29 is 14.3 Å². The summed E-state index contributed by atoms with van der Waals surface area (Å²) in [5.74, 6) is -0.103. The molecule has 17 heavy (non-hydrogen) atoms. The van der Waals surface area contributed by atoms with Crippen LogP contribution < -0.4 is 4.74 Å². The van der Waals surface area contributed by atoms with Gasteiger partial charge in [0, 0.05) is 14.7 Å². The molecule has 0 heterocycles. The van der Waals surface area contributed by atoms with Gasteiger partial charge in [-0.1, -0.05) is 6.58 Å². The van der Waals surface area contributed by atoms with Crippen LogP contribution in [0, 0.1) is 7.14 Å². The normalized spacial score (nSPS) is 9.88. The fourth-order valence-corrected chi connectivity index (χ4v) is 2.52. The molecule has 0 bridgehead atoms. The number of esters is 1. The quantitative estimate of drug-likeness (QED) is 0.220. The molecule has 0 amide bonds. The number of hydrogen-bond acceptors (Lipinski definition) is 3. The third-order valence-electron chi connectivity index (χ3n) is 1.78. The van der Waals surface area contributed by atoms with Gasteiger partial charge in [0.05, 0.1) is 3.57 Å². The second kappa shape index (κ2) is 6.14. The van der Waals surface area contributed by atoms with E-state index >= 15 is 0 Å².